The number of nitrogens with zero attached hydrogens (tertiary/aromatic N) is 2. The predicted octanol–water partition coefficient (Wildman–Crippen LogP) is -0.0781. The van der Waals surface area contributed by atoms with Gasteiger partial charge in [-0.25, -0.2) is 0 Å². The number of aliphatic hydroxyl groups excluding tert-OH is 2. The summed E-state index contributed by atoms with van der Waals surface area (Å²) in [6.45, 7) is 3.17. The molecule has 1 saturated heterocycles. The average molecular weight is 265 g/mol. The summed E-state index contributed by atoms with van der Waals surface area (Å²) in [6, 6.07) is 1.74. The second-order valence-electron chi connectivity index (χ2n) is 5.77. The number of hydrogen-bond donors (Lipinski definition) is 3. The molecule has 1 aromatic rings. The van der Waals surface area contributed by atoms with Crippen LogP contribution in [0.3, 0.4) is 0 Å². The molecule has 1 aromatic heterocycles. The second-order valence-corrected chi connectivity index (χ2v) is 5.77. The minimum atomic E-state index is -0.649. The lowest BCUT2D eigenvalue weighted by Crippen LogP contribution is -2.38. The molecule has 0 radical (unpaired) electrons. The Morgan fingerprint density at radius 3 is 2.37 bits per heavy atom. The smallest absolute Gasteiger partial charge is 0.274 e. The summed E-state index contributed by atoms with van der Waals surface area (Å²) in [5.74, 6) is 0.521. The zero-order chi connectivity index (χ0) is 13.6. The van der Waals surface area contributed by atoms with E-state index in [-0.39, 0.29) is 5.91 Å². The van der Waals surface area contributed by atoms with Crippen LogP contribution in [0, 0.1) is 18.8 Å². The van der Waals surface area contributed by atoms with E-state index in [2.05, 4.69) is 10.2 Å². The number of aromatic amines is 1. The average Bonchev–Trinajstić information content (AvgIpc) is 2.95. The minimum Gasteiger partial charge on any atom is -0.390 e. The molecule has 3 rings (SSSR count). The Balaban J connectivity index is 1.70. The largest absolute Gasteiger partial charge is 0.390 e. The van der Waals surface area contributed by atoms with Crippen LogP contribution >= 0.6 is 0 Å². The highest BCUT2D eigenvalue weighted by atomic mass is 16.3. The lowest BCUT2D eigenvalue weighted by atomic mass is 9.79. The van der Waals surface area contributed by atoms with Crippen LogP contribution in [0.25, 0.3) is 0 Å². The number of aryl methyl sites for hydroxylation is 1. The maximum atomic E-state index is 12.3. The van der Waals surface area contributed by atoms with E-state index in [4.69, 9.17) is 0 Å². The van der Waals surface area contributed by atoms with E-state index in [1.807, 2.05) is 6.92 Å². The molecule has 2 fully saturated rings. The normalized spacial score (nSPS) is 34.4. The van der Waals surface area contributed by atoms with E-state index in [0.29, 0.717) is 43.5 Å². The van der Waals surface area contributed by atoms with Crippen molar-refractivity contribution in [1.82, 2.24) is 15.1 Å². The quantitative estimate of drug-likeness (QED) is 0.662. The van der Waals surface area contributed by atoms with Crippen LogP contribution in [0.5, 0.6) is 0 Å². The summed E-state index contributed by atoms with van der Waals surface area (Å²) < 4.78 is 0. The van der Waals surface area contributed by atoms with Gasteiger partial charge < -0.3 is 15.1 Å². The fourth-order valence-electron chi connectivity index (χ4n) is 3.26. The molecular weight excluding hydrogens is 246 g/mol. The summed E-state index contributed by atoms with van der Waals surface area (Å²) in [5, 5.41) is 26.2. The molecule has 1 saturated carbocycles. The van der Waals surface area contributed by atoms with Gasteiger partial charge in [0.05, 0.1) is 12.2 Å². The standard InChI is InChI=1S/C13H19N3O3/c1-7-2-10(15-14-7)13(19)16-5-8-3-11(17)12(18)4-9(8)6-16/h2,8-9,11-12,17-18H,3-6H2,1H3,(H,14,15)/t8-,9+,11-,12-/m0/s1. The van der Waals surface area contributed by atoms with E-state index >= 15 is 0 Å². The predicted molar refractivity (Wildman–Crippen MR) is 67.5 cm³/mol. The fourth-order valence-corrected chi connectivity index (χ4v) is 3.26. The number of carbonyl (C=O) groups is 1. The number of H-pyrrole nitrogens is 1. The molecule has 0 spiro atoms. The molecule has 104 valence electrons. The van der Waals surface area contributed by atoms with Crippen LogP contribution in [-0.2, 0) is 0 Å². The van der Waals surface area contributed by atoms with Crippen molar-refractivity contribution >= 4 is 5.91 Å². The SMILES string of the molecule is Cc1cc(C(=O)N2C[C@H]3C[C@H](O)[C@@H](O)C[C@H]3C2)n[nH]1. The van der Waals surface area contributed by atoms with Crippen molar-refractivity contribution in [2.75, 3.05) is 13.1 Å². The molecule has 6 nitrogen and oxygen atoms in total. The van der Waals surface area contributed by atoms with Crippen molar-refractivity contribution in [2.45, 2.75) is 32.0 Å². The van der Waals surface area contributed by atoms with Gasteiger partial charge in [-0.2, -0.15) is 5.10 Å². The summed E-state index contributed by atoms with van der Waals surface area (Å²) in [5.41, 5.74) is 1.31. The van der Waals surface area contributed by atoms with Crippen LogP contribution in [0.15, 0.2) is 6.07 Å². The van der Waals surface area contributed by atoms with Crippen LogP contribution in [0.2, 0.25) is 0 Å². The lowest BCUT2D eigenvalue weighted by molar-refractivity contribution is -0.0372. The van der Waals surface area contributed by atoms with Gasteiger partial charge in [-0.05, 0) is 37.7 Å². The molecule has 4 atom stereocenters. The molecule has 6 heteroatoms. The van der Waals surface area contributed by atoms with Gasteiger partial charge in [0.2, 0.25) is 0 Å². The van der Waals surface area contributed by atoms with Gasteiger partial charge in [-0.3, -0.25) is 9.89 Å². The second kappa shape index (κ2) is 4.61. The molecule has 1 amide bonds. The zero-order valence-electron chi connectivity index (χ0n) is 10.9. The van der Waals surface area contributed by atoms with Crippen LogP contribution in [0.1, 0.15) is 29.0 Å². The van der Waals surface area contributed by atoms with Crippen molar-refractivity contribution in [3.8, 4) is 0 Å². The Kier molecular flexibility index (Phi) is 3.06. The third-order valence-corrected chi connectivity index (χ3v) is 4.32. The Morgan fingerprint density at radius 2 is 1.89 bits per heavy atom. The molecule has 0 bridgehead atoms. The molecule has 0 aromatic carbocycles. The topological polar surface area (TPSA) is 89.5 Å². The number of nitrogens with one attached hydrogen (secondary N) is 1. The number of carbonyl (C=O) groups excluding carboxylic acids is 1. The van der Waals surface area contributed by atoms with E-state index in [0.717, 1.165) is 5.69 Å². The van der Waals surface area contributed by atoms with Gasteiger partial charge in [0, 0.05) is 18.8 Å². The summed E-state index contributed by atoms with van der Waals surface area (Å²) in [7, 11) is 0. The monoisotopic (exact) mass is 265 g/mol. The first-order valence-corrected chi connectivity index (χ1v) is 6.72. The highest BCUT2D eigenvalue weighted by Crippen LogP contribution is 2.36. The van der Waals surface area contributed by atoms with Crippen molar-refractivity contribution in [3.63, 3.8) is 0 Å². The van der Waals surface area contributed by atoms with E-state index in [9.17, 15) is 15.0 Å². The molecule has 2 aliphatic rings. The number of aliphatic hydroxyl groups is 2. The van der Waals surface area contributed by atoms with Crippen LogP contribution < -0.4 is 0 Å². The first kappa shape index (κ1) is 12.6. The van der Waals surface area contributed by atoms with Gasteiger partial charge >= 0.3 is 0 Å². The number of likely N-dealkylation sites (tertiary alicyclic amines) is 1. The van der Waals surface area contributed by atoms with Crippen molar-refractivity contribution in [1.29, 1.82) is 0 Å². The molecule has 19 heavy (non-hydrogen) atoms. The summed E-state index contributed by atoms with van der Waals surface area (Å²) in [6.07, 6.45) is -0.141. The first-order chi connectivity index (χ1) is 9.04. The maximum absolute atomic E-state index is 12.3. The molecule has 3 N–H and O–H groups in total. The van der Waals surface area contributed by atoms with E-state index < -0.39 is 12.2 Å². The Bertz CT molecular complexity index is 469. The molecule has 0 unspecified atom stereocenters. The molecule has 1 aliphatic heterocycles. The van der Waals surface area contributed by atoms with Crippen LogP contribution in [-0.4, -0.2) is 56.5 Å². The van der Waals surface area contributed by atoms with Crippen molar-refractivity contribution in [3.05, 3.63) is 17.5 Å². The van der Waals surface area contributed by atoms with Crippen molar-refractivity contribution < 1.29 is 15.0 Å². The first-order valence-electron chi connectivity index (χ1n) is 6.72. The Morgan fingerprint density at radius 1 is 1.32 bits per heavy atom. The maximum Gasteiger partial charge on any atom is 0.274 e. The lowest BCUT2D eigenvalue weighted by Gasteiger charge is -2.31. The summed E-state index contributed by atoms with van der Waals surface area (Å²) in [4.78, 5) is 14.1. The minimum absolute atomic E-state index is 0.0669. The van der Waals surface area contributed by atoms with Crippen molar-refractivity contribution in [2.24, 2.45) is 11.8 Å². The number of rotatable bonds is 1. The number of hydrogen-bond acceptors (Lipinski definition) is 4. The van der Waals surface area contributed by atoms with E-state index in [1.165, 1.54) is 0 Å². The molecule has 2 heterocycles. The van der Waals surface area contributed by atoms with Gasteiger partial charge in [0.1, 0.15) is 5.69 Å². The number of fused-ring (bicyclic) bond motifs is 1. The van der Waals surface area contributed by atoms with Gasteiger partial charge in [-0.1, -0.05) is 0 Å². The highest BCUT2D eigenvalue weighted by Gasteiger charge is 2.42. The van der Waals surface area contributed by atoms with Gasteiger partial charge in [0.25, 0.3) is 5.91 Å². The Hall–Kier alpha value is -1.40. The third-order valence-electron chi connectivity index (χ3n) is 4.32. The van der Waals surface area contributed by atoms with Gasteiger partial charge in [0.15, 0.2) is 0 Å². The van der Waals surface area contributed by atoms with Gasteiger partial charge in [-0.15, -0.1) is 0 Å². The van der Waals surface area contributed by atoms with E-state index in [1.54, 1.807) is 11.0 Å². The Labute approximate surface area is 111 Å². The molecule has 1 aliphatic carbocycles. The van der Waals surface area contributed by atoms with Crippen LogP contribution in [0.4, 0.5) is 0 Å². The summed E-state index contributed by atoms with van der Waals surface area (Å²) >= 11 is 0. The highest BCUT2D eigenvalue weighted by molar-refractivity contribution is 5.92. The third kappa shape index (κ3) is 2.26. The number of aromatic nitrogens is 2. The number of amides is 1. The fraction of sp³-hybridized carbons (Fsp3) is 0.692. The molecular formula is C13H19N3O3. The zero-order valence-corrected chi connectivity index (χ0v) is 10.9.